The molecule has 1 unspecified atom stereocenters. The number of anilines is 1. The average Bonchev–Trinajstić information content (AvgIpc) is 3.15. The van der Waals surface area contributed by atoms with Crippen LogP contribution in [0.4, 0.5) is 18.9 Å². The highest BCUT2D eigenvalue weighted by Crippen LogP contribution is 2.28. The minimum Gasteiger partial charge on any atom is -0.475 e. The number of carboxylic acid groups (broad SMARTS) is 1. The second-order valence-electron chi connectivity index (χ2n) is 7.93. The highest BCUT2D eigenvalue weighted by molar-refractivity contribution is 6.08. The fourth-order valence-electron chi connectivity index (χ4n) is 3.62. The van der Waals surface area contributed by atoms with Gasteiger partial charge in [0, 0.05) is 36.3 Å². The molecule has 13 heteroatoms. The number of carboxylic acids is 1. The molecule has 0 aliphatic carbocycles. The molecule has 10 nitrogen and oxygen atoms in total. The van der Waals surface area contributed by atoms with Gasteiger partial charge in [-0.1, -0.05) is 18.2 Å². The Morgan fingerprint density at radius 2 is 1.75 bits per heavy atom. The number of hydrogen-bond donors (Lipinski definition) is 4. The van der Waals surface area contributed by atoms with Gasteiger partial charge in [0.25, 0.3) is 11.8 Å². The Morgan fingerprint density at radius 3 is 2.31 bits per heavy atom. The summed E-state index contributed by atoms with van der Waals surface area (Å²) in [4.78, 5) is 59.2. The minimum absolute atomic E-state index is 0.202. The monoisotopic (exact) mass is 506 g/mol. The fourth-order valence-corrected chi connectivity index (χ4v) is 3.62. The lowest BCUT2D eigenvalue weighted by molar-refractivity contribution is -0.192. The van der Waals surface area contributed by atoms with Crippen molar-refractivity contribution >= 4 is 35.3 Å². The predicted octanol–water partition coefficient (Wildman–Crippen LogP) is 1.79. The number of halogens is 3. The number of nitrogens with one attached hydrogen (secondary N) is 2. The van der Waals surface area contributed by atoms with Gasteiger partial charge in [0.05, 0.1) is 0 Å². The lowest BCUT2D eigenvalue weighted by Crippen LogP contribution is -2.52. The summed E-state index contributed by atoms with van der Waals surface area (Å²) in [6, 6.07) is 11.5. The number of aliphatic carboxylic acids is 1. The Morgan fingerprint density at radius 1 is 1.11 bits per heavy atom. The van der Waals surface area contributed by atoms with Crippen molar-refractivity contribution in [3.05, 3.63) is 64.7 Å². The molecular formula is C23H21F3N4O6. The molecule has 2 aromatic carbocycles. The lowest BCUT2D eigenvalue weighted by atomic mass is 10.0. The summed E-state index contributed by atoms with van der Waals surface area (Å²) in [5, 5.41) is 12.2. The van der Waals surface area contributed by atoms with E-state index in [1.54, 1.807) is 30.3 Å². The van der Waals surface area contributed by atoms with Crippen molar-refractivity contribution in [2.45, 2.75) is 38.1 Å². The summed E-state index contributed by atoms with van der Waals surface area (Å²) in [5.74, 6) is -4.18. The van der Waals surface area contributed by atoms with Crippen LogP contribution >= 0.6 is 0 Å². The number of carbonyl (C=O) groups excluding carboxylic acids is 4. The van der Waals surface area contributed by atoms with Crippen LogP contribution in [-0.2, 0) is 27.5 Å². The Kier molecular flexibility index (Phi) is 7.73. The quantitative estimate of drug-likeness (QED) is 0.460. The molecule has 36 heavy (non-hydrogen) atoms. The molecule has 0 spiro atoms. The zero-order valence-electron chi connectivity index (χ0n) is 18.6. The van der Waals surface area contributed by atoms with Gasteiger partial charge in [0.1, 0.15) is 6.04 Å². The number of rotatable bonds is 4. The first kappa shape index (κ1) is 26.3. The minimum atomic E-state index is -5.08. The van der Waals surface area contributed by atoms with Gasteiger partial charge in [-0.3, -0.25) is 24.5 Å². The molecule has 190 valence electrons. The van der Waals surface area contributed by atoms with Crippen LogP contribution in [0.2, 0.25) is 0 Å². The van der Waals surface area contributed by atoms with Crippen molar-refractivity contribution in [1.82, 2.24) is 10.2 Å². The zero-order valence-corrected chi connectivity index (χ0v) is 18.6. The fraction of sp³-hybridized carbons (Fsp3) is 0.261. The van der Waals surface area contributed by atoms with Gasteiger partial charge in [0.2, 0.25) is 11.8 Å². The molecule has 0 bridgehead atoms. The van der Waals surface area contributed by atoms with Crippen molar-refractivity contribution in [2.75, 3.05) is 5.32 Å². The molecule has 1 atom stereocenters. The third-order valence-corrected chi connectivity index (χ3v) is 5.48. The van der Waals surface area contributed by atoms with E-state index in [1.807, 2.05) is 12.1 Å². The second kappa shape index (κ2) is 10.6. The summed E-state index contributed by atoms with van der Waals surface area (Å²) < 4.78 is 31.7. The van der Waals surface area contributed by atoms with E-state index in [0.717, 1.165) is 11.1 Å². The lowest BCUT2D eigenvalue weighted by Gasteiger charge is -2.29. The van der Waals surface area contributed by atoms with Gasteiger partial charge in [-0.05, 0) is 41.8 Å². The number of nitrogens with two attached hydrogens (primary N) is 1. The van der Waals surface area contributed by atoms with E-state index in [-0.39, 0.29) is 30.7 Å². The van der Waals surface area contributed by atoms with Crippen LogP contribution in [0.5, 0.6) is 0 Å². The highest BCUT2D eigenvalue weighted by atomic mass is 19.4. The van der Waals surface area contributed by atoms with Crippen LogP contribution in [0.25, 0.3) is 0 Å². The van der Waals surface area contributed by atoms with E-state index >= 15 is 0 Å². The van der Waals surface area contributed by atoms with Gasteiger partial charge in [-0.15, -0.1) is 0 Å². The van der Waals surface area contributed by atoms with E-state index in [0.29, 0.717) is 29.8 Å². The zero-order chi connectivity index (χ0) is 26.6. The Bertz CT molecular complexity index is 1210. The molecule has 0 radical (unpaired) electrons. The Balaban J connectivity index is 0.000000454. The van der Waals surface area contributed by atoms with Gasteiger partial charge in [0.15, 0.2) is 0 Å². The van der Waals surface area contributed by atoms with Crippen molar-refractivity contribution in [3.8, 4) is 0 Å². The predicted molar refractivity (Wildman–Crippen MR) is 118 cm³/mol. The van der Waals surface area contributed by atoms with Crippen molar-refractivity contribution in [3.63, 3.8) is 0 Å². The molecule has 2 aliphatic rings. The molecule has 4 rings (SSSR count). The van der Waals surface area contributed by atoms with Crippen molar-refractivity contribution < 1.29 is 42.3 Å². The maximum Gasteiger partial charge on any atom is 0.490 e. The Labute approximate surface area is 202 Å². The first-order chi connectivity index (χ1) is 16.9. The third kappa shape index (κ3) is 6.05. The number of nitrogens with zero attached hydrogens (tertiary/aromatic N) is 1. The van der Waals surface area contributed by atoms with Crippen LogP contribution < -0.4 is 16.4 Å². The maximum absolute atomic E-state index is 12.8. The van der Waals surface area contributed by atoms with Crippen LogP contribution in [0.15, 0.2) is 42.5 Å². The summed E-state index contributed by atoms with van der Waals surface area (Å²) >= 11 is 0. The third-order valence-electron chi connectivity index (χ3n) is 5.48. The molecule has 2 heterocycles. The van der Waals surface area contributed by atoms with Crippen molar-refractivity contribution in [1.29, 1.82) is 0 Å². The summed E-state index contributed by atoms with van der Waals surface area (Å²) in [6.07, 6.45) is -4.58. The number of alkyl halides is 3. The molecule has 4 amide bonds. The standard InChI is InChI=1S/C21H20N4O4.C2HF3O2/c22-10-12-1-5-15(6-2-12)23-19(27)13-3-4-14-11-25(21(29)16(14)9-13)17-7-8-18(26)24-20(17)28;3-2(4,5)1(6)7/h1-6,9,17H,7-8,10-11,22H2,(H,23,27)(H,24,26,28);(H,6,7). The number of piperidine rings is 1. The number of amides is 4. The number of fused-ring (bicyclic) bond motifs is 1. The summed E-state index contributed by atoms with van der Waals surface area (Å²) in [7, 11) is 0. The largest absolute Gasteiger partial charge is 0.490 e. The molecule has 2 aromatic rings. The van der Waals surface area contributed by atoms with Crippen LogP contribution in [-0.4, -0.2) is 51.8 Å². The van der Waals surface area contributed by atoms with Crippen LogP contribution in [0, 0.1) is 0 Å². The van der Waals surface area contributed by atoms with Crippen molar-refractivity contribution in [2.24, 2.45) is 5.73 Å². The first-order valence-corrected chi connectivity index (χ1v) is 10.6. The number of hydrogen-bond acceptors (Lipinski definition) is 6. The van der Waals surface area contributed by atoms with E-state index < -0.39 is 24.1 Å². The van der Waals surface area contributed by atoms with E-state index in [2.05, 4.69) is 10.6 Å². The van der Waals surface area contributed by atoms with Gasteiger partial charge in [-0.2, -0.15) is 13.2 Å². The topological polar surface area (TPSA) is 159 Å². The number of imide groups is 1. The smallest absolute Gasteiger partial charge is 0.475 e. The van der Waals surface area contributed by atoms with Gasteiger partial charge < -0.3 is 21.1 Å². The number of carbonyl (C=O) groups is 5. The number of benzene rings is 2. The normalized spacial score (nSPS) is 17.1. The molecular weight excluding hydrogens is 485 g/mol. The van der Waals surface area contributed by atoms with E-state index in [1.165, 1.54) is 4.90 Å². The molecule has 2 aliphatic heterocycles. The second-order valence-corrected chi connectivity index (χ2v) is 7.93. The molecule has 0 saturated carbocycles. The highest BCUT2D eigenvalue weighted by Gasteiger charge is 2.39. The molecule has 5 N–H and O–H groups in total. The Hall–Kier alpha value is -4.26. The molecule has 1 fully saturated rings. The molecule has 0 aromatic heterocycles. The SMILES string of the molecule is NCc1ccc(NC(=O)c2ccc3c(c2)C(=O)N(C2CCC(=O)NC2=O)C3)cc1.O=C(O)C(F)(F)F. The molecule has 1 saturated heterocycles. The average molecular weight is 506 g/mol. The van der Waals surface area contributed by atoms with Crippen LogP contribution in [0.3, 0.4) is 0 Å². The first-order valence-electron chi connectivity index (χ1n) is 10.6. The summed E-state index contributed by atoms with van der Waals surface area (Å²) in [6.45, 7) is 0.702. The van der Waals surface area contributed by atoms with E-state index in [4.69, 9.17) is 15.6 Å². The van der Waals surface area contributed by atoms with Gasteiger partial charge >= 0.3 is 12.1 Å². The van der Waals surface area contributed by atoms with Crippen LogP contribution in [0.1, 0.15) is 44.7 Å². The maximum atomic E-state index is 12.8. The summed E-state index contributed by atoms with van der Waals surface area (Å²) in [5.41, 5.74) is 8.67. The van der Waals surface area contributed by atoms with E-state index in [9.17, 15) is 32.3 Å². The van der Waals surface area contributed by atoms with Gasteiger partial charge in [-0.25, -0.2) is 4.79 Å².